The average molecular weight is 300 g/mol. The summed E-state index contributed by atoms with van der Waals surface area (Å²) >= 11 is 0. The van der Waals surface area contributed by atoms with Crippen molar-refractivity contribution in [1.82, 2.24) is 0 Å². The van der Waals surface area contributed by atoms with Crippen molar-refractivity contribution in [3.05, 3.63) is 42.0 Å². The maximum atomic E-state index is 11.0. The van der Waals surface area contributed by atoms with E-state index in [0.29, 0.717) is 29.9 Å². The number of carbonyl (C=O) groups excluding carboxylic acids is 1. The average Bonchev–Trinajstić information content (AvgIpc) is 2.52. The number of benzene rings is 2. The Morgan fingerprint density at radius 1 is 1.05 bits per heavy atom. The SMILES string of the molecule is COc1ccc(-c2ccc(CCC(C)=O)cc2O)cc1OC. The van der Waals surface area contributed by atoms with Gasteiger partial charge >= 0.3 is 0 Å². The summed E-state index contributed by atoms with van der Waals surface area (Å²) in [5, 5.41) is 10.2. The van der Waals surface area contributed by atoms with Gasteiger partial charge in [0, 0.05) is 12.0 Å². The fourth-order valence-corrected chi connectivity index (χ4v) is 2.30. The first-order valence-corrected chi connectivity index (χ1v) is 7.09. The quantitative estimate of drug-likeness (QED) is 0.885. The number of ketones is 1. The van der Waals surface area contributed by atoms with E-state index < -0.39 is 0 Å². The highest BCUT2D eigenvalue weighted by atomic mass is 16.5. The lowest BCUT2D eigenvalue weighted by Crippen LogP contribution is -1.94. The second kappa shape index (κ2) is 6.98. The summed E-state index contributed by atoms with van der Waals surface area (Å²) < 4.78 is 10.5. The number of phenols is 1. The van der Waals surface area contributed by atoms with E-state index in [0.717, 1.165) is 11.1 Å². The van der Waals surface area contributed by atoms with Crippen molar-refractivity contribution in [2.45, 2.75) is 19.8 Å². The molecule has 2 rings (SSSR count). The lowest BCUT2D eigenvalue weighted by Gasteiger charge is -2.11. The third-order valence-electron chi connectivity index (χ3n) is 3.52. The smallest absolute Gasteiger partial charge is 0.161 e. The summed E-state index contributed by atoms with van der Waals surface area (Å²) in [5.41, 5.74) is 2.50. The molecule has 0 amide bonds. The predicted octanol–water partition coefficient (Wildman–Crippen LogP) is 3.60. The fraction of sp³-hybridized carbons (Fsp3) is 0.278. The Morgan fingerprint density at radius 3 is 2.36 bits per heavy atom. The van der Waals surface area contributed by atoms with Gasteiger partial charge in [0.05, 0.1) is 14.2 Å². The zero-order valence-corrected chi connectivity index (χ0v) is 13.1. The summed E-state index contributed by atoms with van der Waals surface area (Å²) in [6, 6.07) is 11.0. The zero-order valence-electron chi connectivity index (χ0n) is 13.1. The number of aryl methyl sites for hydroxylation is 1. The lowest BCUT2D eigenvalue weighted by atomic mass is 10.00. The van der Waals surface area contributed by atoms with Crippen LogP contribution >= 0.6 is 0 Å². The maximum absolute atomic E-state index is 11.0. The van der Waals surface area contributed by atoms with Crippen LogP contribution in [0, 0.1) is 0 Å². The molecule has 2 aromatic rings. The number of rotatable bonds is 6. The number of methoxy groups -OCH3 is 2. The molecule has 116 valence electrons. The molecule has 1 N–H and O–H groups in total. The van der Waals surface area contributed by atoms with Crippen molar-refractivity contribution < 1.29 is 19.4 Å². The number of hydrogen-bond donors (Lipinski definition) is 1. The fourth-order valence-electron chi connectivity index (χ4n) is 2.30. The summed E-state index contributed by atoms with van der Waals surface area (Å²) in [7, 11) is 3.16. The number of phenolic OH excluding ortho intramolecular Hbond substituents is 1. The highest BCUT2D eigenvalue weighted by Crippen LogP contribution is 2.36. The molecule has 0 spiro atoms. The van der Waals surface area contributed by atoms with Gasteiger partial charge in [-0.3, -0.25) is 0 Å². The molecule has 0 aliphatic heterocycles. The minimum atomic E-state index is 0.142. The summed E-state index contributed by atoms with van der Waals surface area (Å²) in [6.07, 6.45) is 1.12. The van der Waals surface area contributed by atoms with Crippen LogP contribution in [0.3, 0.4) is 0 Å². The van der Waals surface area contributed by atoms with Gasteiger partial charge in [-0.25, -0.2) is 0 Å². The summed E-state index contributed by atoms with van der Waals surface area (Å²) in [4.78, 5) is 11.0. The molecule has 0 bridgehead atoms. The van der Waals surface area contributed by atoms with Crippen molar-refractivity contribution in [1.29, 1.82) is 0 Å². The number of Topliss-reactive ketones (excluding diaryl/α,β-unsaturated/α-hetero) is 1. The van der Waals surface area contributed by atoms with Gasteiger partial charge in [0.15, 0.2) is 11.5 Å². The molecule has 0 atom stereocenters. The molecule has 0 aromatic heterocycles. The Labute approximate surface area is 130 Å². The van der Waals surface area contributed by atoms with E-state index in [9.17, 15) is 9.90 Å². The monoisotopic (exact) mass is 300 g/mol. The maximum Gasteiger partial charge on any atom is 0.161 e. The molecule has 2 aromatic carbocycles. The van der Waals surface area contributed by atoms with Crippen LogP contribution in [-0.4, -0.2) is 25.1 Å². The second-order valence-electron chi connectivity index (χ2n) is 5.12. The molecule has 0 fully saturated rings. The van der Waals surface area contributed by atoms with Crippen LogP contribution in [0.5, 0.6) is 17.2 Å². The Balaban J connectivity index is 2.31. The highest BCUT2D eigenvalue weighted by Gasteiger charge is 2.10. The van der Waals surface area contributed by atoms with Crippen LogP contribution in [0.15, 0.2) is 36.4 Å². The number of aromatic hydroxyl groups is 1. The molecule has 0 saturated heterocycles. The van der Waals surface area contributed by atoms with Gasteiger partial charge < -0.3 is 19.4 Å². The van der Waals surface area contributed by atoms with E-state index in [-0.39, 0.29) is 11.5 Å². The van der Waals surface area contributed by atoms with Crippen molar-refractivity contribution in [2.24, 2.45) is 0 Å². The van der Waals surface area contributed by atoms with Gasteiger partial charge in [-0.05, 0) is 42.7 Å². The molecule has 0 aliphatic rings. The molecule has 0 saturated carbocycles. The third kappa shape index (κ3) is 3.58. The number of hydrogen-bond acceptors (Lipinski definition) is 4. The van der Waals surface area contributed by atoms with E-state index in [1.807, 2.05) is 24.3 Å². The Bertz CT molecular complexity index is 677. The standard InChI is InChI=1S/C18H20O4/c1-12(19)4-5-13-6-8-15(16(20)10-13)14-7-9-17(21-2)18(11-14)22-3/h6-11,20H,4-5H2,1-3H3. The molecular weight excluding hydrogens is 280 g/mol. The topological polar surface area (TPSA) is 55.8 Å². The third-order valence-corrected chi connectivity index (χ3v) is 3.52. The van der Waals surface area contributed by atoms with E-state index in [4.69, 9.17) is 9.47 Å². The van der Waals surface area contributed by atoms with E-state index in [1.165, 1.54) is 0 Å². The van der Waals surface area contributed by atoms with Crippen LogP contribution in [0.1, 0.15) is 18.9 Å². The van der Waals surface area contributed by atoms with Gasteiger partial charge in [-0.2, -0.15) is 0 Å². The minimum Gasteiger partial charge on any atom is -0.507 e. The summed E-state index contributed by atoms with van der Waals surface area (Å²) in [5.74, 6) is 1.58. The Morgan fingerprint density at radius 2 is 1.77 bits per heavy atom. The van der Waals surface area contributed by atoms with Crippen molar-refractivity contribution in [2.75, 3.05) is 14.2 Å². The number of carbonyl (C=O) groups is 1. The van der Waals surface area contributed by atoms with Gasteiger partial charge in [0.1, 0.15) is 11.5 Å². The number of ether oxygens (including phenoxy) is 2. The van der Waals surface area contributed by atoms with Crippen LogP contribution in [0.25, 0.3) is 11.1 Å². The van der Waals surface area contributed by atoms with Gasteiger partial charge in [0.25, 0.3) is 0 Å². The van der Waals surface area contributed by atoms with Crippen molar-refractivity contribution in [3.63, 3.8) is 0 Å². The van der Waals surface area contributed by atoms with E-state index in [1.54, 1.807) is 33.3 Å². The molecule has 0 radical (unpaired) electrons. The van der Waals surface area contributed by atoms with Crippen molar-refractivity contribution in [3.8, 4) is 28.4 Å². The predicted molar refractivity (Wildman–Crippen MR) is 85.6 cm³/mol. The van der Waals surface area contributed by atoms with Crippen molar-refractivity contribution >= 4 is 5.78 Å². The van der Waals surface area contributed by atoms with Crippen LogP contribution in [0.2, 0.25) is 0 Å². The molecule has 0 aliphatic carbocycles. The first-order valence-electron chi connectivity index (χ1n) is 7.09. The normalized spacial score (nSPS) is 10.3. The molecular formula is C18H20O4. The van der Waals surface area contributed by atoms with E-state index >= 15 is 0 Å². The molecule has 4 heteroatoms. The lowest BCUT2D eigenvalue weighted by molar-refractivity contribution is -0.116. The Hall–Kier alpha value is -2.49. The minimum absolute atomic E-state index is 0.142. The van der Waals surface area contributed by atoms with E-state index in [2.05, 4.69) is 0 Å². The first kappa shape index (κ1) is 15.9. The van der Waals surface area contributed by atoms with Crippen LogP contribution in [-0.2, 0) is 11.2 Å². The molecule has 4 nitrogen and oxygen atoms in total. The first-order chi connectivity index (χ1) is 10.5. The van der Waals surface area contributed by atoms with Gasteiger partial charge in [-0.1, -0.05) is 18.2 Å². The zero-order chi connectivity index (χ0) is 16.1. The van der Waals surface area contributed by atoms with Crippen LogP contribution < -0.4 is 9.47 Å². The molecule has 0 heterocycles. The largest absolute Gasteiger partial charge is 0.507 e. The second-order valence-corrected chi connectivity index (χ2v) is 5.12. The molecule has 0 unspecified atom stereocenters. The summed E-state index contributed by atoms with van der Waals surface area (Å²) in [6.45, 7) is 1.57. The van der Waals surface area contributed by atoms with Gasteiger partial charge in [0.2, 0.25) is 0 Å². The Kier molecular flexibility index (Phi) is 5.04. The molecule has 22 heavy (non-hydrogen) atoms. The van der Waals surface area contributed by atoms with Crippen LogP contribution in [0.4, 0.5) is 0 Å². The van der Waals surface area contributed by atoms with Gasteiger partial charge in [-0.15, -0.1) is 0 Å². The highest BCUT2D eigenvalue weighted by molar-refractivity contribution is 5.76.